The number of fused-ring (bicyclic) bond motifs is 3. The van der Waals surface area contributed by atoms with Crippen molar-refractivity contribution < 1.29 is 23.9 Å². The van der Waals surface area contributed by atoms with Crippen LogP contribution in [-0.4, -0.2) is 81.2 Å². The lowest BCUT2D eigenvalue weighted by molar-refractivity contribution is -0.142. The molecule has 226 valence electrons. The molecule has 3 aliphatic heterocycles. The summed E-state index contributed by atoms with van der Waals surface area (Å²) in [5, 5.41) is 7.91. The van der Waals surface area contributed by atoms with Crippen LogP contribution in [0, 0.1) is 6.92 Å². The monoisotopic (exact) mass is 586 g/mol. The number of nitrogens with zero attached hydrogens (tertiary/aromatic N) is 5. The molecule has 1 aromatic heterocycles. The zero-order chi connectivity index (χ0) is 29.8. The lowest BCUT2D eigenvalue weighted by Crippen LogP contribution is -2.53. The number of rotatable bonds is 3. The van der Waals surface area contributed by atoms with Gasteiger partial charge in [-0.15, -0.1) is 0 Å². The lowest BCUT2D eigenvalue weighted by atomic mass is 9.99. The van der Waals surface area contributed by atoms with E-state index in [2.05, 4.69) is 10.4 Å². The van der Waals surface area contributed by atoms with Crippen LogP contribution in [0.25, 0.3) is 0 Å². The first-order chi connectivity index (χ1) is 21.0. The van der Waals surface area contributed by atoms with Gasteiger partial charge in [-0.25, -0.2) is 9.67 Å². The van der Waals surface area contributed by atoms with Gasteiger partial charge >= 0.3 is 0 Å². The molecule has 0 unspecified atom stereocenters. The largest absolute Gasteiger partial charge is 0.486 e. The average molecular weight is 587 g/mol. The van der Waals surface area contributed by atoms with E-state index in [1.165, 1.54) is 0 Å². The standard InChI is InChI=1S/C32H38N6O5/c1-22-33-30-25(21-23-9-3-2-4-10-23)34-31(40)26-12-5-6-16-37(26)28(39)14-8-15-36(17-18-38(30)35-22)32(41)24-11-7-13-27-29(24)43-20-19-42-27/h2-4,7,9-11,13,25-26H,5-6,8,12,14-21H2,1H3,(H,34,40)/t25-,26+/m1/s1. The van der Waals surface area contributed by atoms with Crippen molar-refractivity contribution in [3.8, 4) is 11.5 Å². The van der Waals surface area contributed by atoms with Gasteiger partial charge in [-0.1, -0.05) is 36.4 Å². The third-order valence-corrected chi connectivity index (χ3v) is 8.33. The third-order valence-electron chi connectivity index (χ3n) is 8.33. The van der Waals surface area contributed by atoms with Gasteiger partial charge in [-0.2, -0.15) is 5.10 Å². The Hall–Kier alpha value is -4.41. The van der Waals surface area contributed by atoms with Gasteiger partial charge in [0.2, 0.25) is 11.8 Å². The number of hydrogen-bond donors (Lipinski definition) is 1. The fourth-order valence-electron chi connectivity index (χ4n) is 6.23. The summed E-state index contributed by atoms with van der Waals surface area (Å²) >= 11 is 0. The van der Waals surface area contributed by atoms with Crippen molar-refractivity contribution in [3.05, 3.63) is 71.3 Å². The summed E-state index contributed by atoms with van der Waals surface area (Å²) in [6, 6.07) is 14.3. The van der Waals surface area contributed by atoms with E-state index >= 15 is 0 Å². The van der Waals surface area contributed by atoms with Crippen LogP contribution in [0.5, 0.6) is 11.5 Å². The summed E-state index contributed by atoms with van der Waals surface area (Å²) < 4.78 is 13.4. The maximum Gasteiger partial charge on any atom is 0.257 e. The Kier molecular flexibility index (Phi) is 8.57. The Labute approximate surface area is 251 Å². The van der Waals surface area contributed by atoms with E-state index in [4.69, 9.17) is 14.5 Å². The summed E-state index contributed by atoms with van der Waals surface area (Å²) in [5.74, 6) is 1.81. The Morgan fingerprint density at radius 2 is 1.79 bits per heavy atom. The molecule has 1 fully saturated rings. The van der Waals surface area contributed by atoms with Crippen molar-refractivity contribution >= 4 is 17.7 Å². The summed E-state index contributed by atoms with van der Waals surface area (Å²) in [6.45, 7) is 4.27. The zero-order valence-electron chi connectivity index (χ0n) is 24.5. The van der Waals surface area contributed by atoms with Crippen LogP contribution in [0.4, 0.5) is 0 Å². The van der Waals surface area contributed by atoms with Crippen molar-refractivity contribution in [2.75, 3.05) is 32.8 Å². The summed E-state index contributed by atoms with van der Waals surface area (Å²) in [6.07, 6.45) is 3.61. The molecular weight excluding hydrogens is 548 g/mol. The molecule has 0 aliphatic carbocycles. The van der Waals surface area contributed by atoms with Crippen LogP contribution in [0.1, 0.15) is 65.7 Å². The molecule has 3 aliphatic rings. The predicted molar refractivity (Wildman–Crippen MR) is 158 cm³/mol. The van der Waals surface area contributed by atoms with Gasteiger partial charge in [0.05, 0.1) is 18.2 Å². The van der Waals surface area contributed by atoms with Gasteiger partial charge in [-0.3, -0.25) is 14.4 Å². The molecule has 4 heterocycles. The first-order valence-corrected chi connectivity index (χ1v) is 15.2. The molecule has 1 N–H and O–H groups in total. The van der Waals surface area contributed by atoms with Crippen molar-refractivity contribution in [2.24, 2.45) is 0 Å². The number of hydrogen-bond acceptors (Lipinski definition) is 7. The molecule has 3 amide bonds. The number of piperidine rings is 1. The number of para-hydroxylation sites is 1. The van der Waals surface area contributed by atoms with Crippen LogP contribution < -0.4 is 14.8 Å². The van der Waals surface area contributed by atoms with Crippen molar-refractivity contribution in [1.82, 2.24) is 29.9 Å². The molecule has 6 rings (SSSR count). The average Bonchev–Trinajstić information content (AvgIpc) is 3.41. The smallest absolute Gasteiger partial charge is 0.257 e. The minimum atomic E-state index is -0.536. The molecule has 0 radical (unpaired) electrons. The molecular formula is C32H38N6O5. The van der Waals surface area contributed by atoms with Crippen LogP contribution >= 0.6 is 0 Å². The van der Waals surface area contributed by atoms with E-state index in [0.29, 0.717) is 87.4 Å². The van der Waals surface area contributed by atoms with Crippen LogP contribution in [-0.2, 0) is 22.6 Å². The Morgan fingerprint density at radius 1 is 0.953 bits per heavy atom. The van der Waals surface area contributed by atoms with E-state index in [1.54, 1.807) is 32.7 Å². The summed E-state index contributed by atoms with van der Waals surface area (Å²) in [5.41, 5.74) is 1.48. The highest BCUT2D eigenvalue weighted by atomic mass is 16.6. The van der Waals surface area contributed by atoms with Gasteiger partial charge < -0.3 is 24.6 Å². The Bertz CT molecular complexity index is 1470. The summed E-state index contributed by atoms with van der Waals surface area (Å²) in [4.78, 5) is 49.4. The fourth-order valence-corrected chi connectivity index (χ4v) is 6.23. The van der Waals surface area contributed by atoms with Gasteiger partial charge in [-0.05, 0) is 56.7 Å². The second-order valence-electron chi connectivity index (χ2n) is 11.3. The van der Waals surface area contributed by atoms with E-state index in [9.17, 15) is 14.4 Å². The lowest BCUT2D eigenvalue weighted by Gasteiger charge is -2.36. The number of nitrogens with one attached hydrogen (secondary N) is 1. The molecule has 2 aromatic carbocycles. The van der Waals surface area contributed by atoms with Crippen LogP contribution in [0.2, 0.25) is 0 Å². The molecule has 0 spiro atoms. The van der Waals surface area contributed by atoms with Gasteiger partial charge in [0, 0.05) is 26.1 Å². The maximum atomic E-state index is 14.0. The number of ether oxygens (including phenoxy) is 2. The topological polar surface area (TPSA) is 119 Å². The highest BCUT2D eigenvalue weighted by Gasteiger charge is 2.35. The molecule has 11 heteroatoms. The zero-order valence-corrected chi connectivity index (χ0v) is 24.5. The van der Waals surface area contributed by atoms with Crippen LogP contribution in [0.15, 0.2) is 48.5 Å². The first kappa shape index (κ1) is 28.7. The number of aromatic nitrogens is 3. The fraction of sp³-hybridized carbons (Fsp3) is 0.469. The first-order valence-electron chi connectivity index (χ1n) is 15.2. The van der Waals surface area contributed by atoms with Crippen LogP contribution in [0.3, 0.4) is 0 Å². The van der Waals surface area contributed by atoms with Crippen molar-refractivity contribution in [3.63, 3.8) is 0 Å². The molecule has 43 heavy (non-hydrogen) atoms. The number of carbonyl (C=O) groups is 3. The SMILES string of the molecule is Cc1nc2n(n1)CCN(C(=O)c1cccc3c1OCCO3)CCCC(=O)N1CCCC[C@H]1C(=O)N[C@@H]2Cc1ccccc1. The molecule has 2 atom stereocenters. The van der Waals surface area contributed by atoms with Gasteiger partial charge in [0.25, 0.3) is 5.91 Å². The van der Waals surface area contributed by atoms with E-state index in [0.717, 1.165) is 18.4 Å². The number of amides is 3. The second kappa shape index (κ2) is 12.8. The predicted octanol–water partition coefficient (Wildman–Crippen LogP) is 3.08. The maximum absolute atomic E-state index is 14.0. The van der Waals surface area contributed by atoms with E-state index in [-0.39, 0.29) is 24.1 Å². The Balaban J connectivity index is 1.34. The van der Waals surface area contributed by atoms with Gasteiger partial charge in [0.15, 0.2) is 11.5 Å². The molecule has 0 saturated carbocycles. The molecule has 3 aromatic rings. The normalized spacial score (nSPS) is 21.3. The molecule has 1 saturated heterocycles. The third kappa shape index (κ3) is 6.35. The summed E-state index contributed by atoms with van der Waals surface area (Å²) in [7, 11) is 0. The Morgan fingerprint density at radius 3 is 2.65 bits per heavy atom. The number of carbonyl (C=O) groups excluding carboxylic acids is 3. The molecule has 0 bridgehead atoms. The highest BCUT2D eigenvalue weighted by molar-refractivity contribution is 5.98. The quantitative estimate of drug-likeness (QED) is 0.501. The second-order valence-corrected chi connectivity index (χ2v) is 11.3. The minimum absolute atomic E-state index is 0.0586. The molecule has 11 nitrogen and oxygen atoms in total. The number of benzene rings is 2. The highest BCUT2D eigenvalue weighted by Crippen LogP contribution is 2.34. The van der Waals surface area contributed by atoms with E-state index < -0.39 is 12.1 Å². The van der Waals surface area contributed by atoms with Crippen molar-refractivity contribution in [1.29, 1.82) is 0 Å². The van der Waals surface area contributed by atoms with Gasteiger partial charge in [0.1, 0.15) is 30.9 Å². The number of aryl methyl sites for hydroxylation is 1. The van der Waals surface area contributed by atoms with Crippen molar-refractivity contribution in [2.45, 2.75) is 64.1 Å². The van der Waals surface area contributed by atoms with E-state index in [1.807, 2.05) is 37.3 Å². The minimum Gasteiger partial charge on any atom is -0.486 e.